The van der Waals surface area contributed by atoms with Crippen LogP contribution in [0.3, 0.4) is 0 Å². The van der Waals surface area contributed by atoms with Gasteiger partial charge in [0.05, 0.1) is 22.9 Å². The number of amides is 1. The average molecular weight is 238 g/mol. The Labute approximate surface area is 99.4 Å². The summed E-state index contributed by atoms with van der Waals surface area (Å²) in [4.78, 5) is 14.3. The lowest BCUT2D eigenvalue weighted by Gasteiger charge is -2.23. The third kappa shape index (κ3) is 1.82. The van der Waals surface area contributed by atoms with E-state index >= 15 is 0 Å². The van der Waals surface area contributed by atoms with Crippen LogP contribution in [-0.2, 0) is 0 Å². The minimum Gasteiger partial charge on any atom is -0.469 e. The number of hydrogen-bond acceptors (Lipinski definition) is 3. The summed E-state index contributed by atoms with van der Waals surface area (Å²) >= 11 is 4.97. The van der Waals surface area contributed by atoms with E-state index in [-0.39, 0.29) is 11.9 Å². The van der Waals surface area contributed by atoms with Crippen molar-refractivity contribution in [2.75, 3.05) is 6.54 Å². The third-order valence-corrected chi connectivity index (χ3v) is 3.20. The van der Waals surface area contributed by atoms with E-state index in [1.54, 1.807) is 17.9 Å². The van der Waals surface area contributed by atoms with Gasteiger partial charge in [-0.2, -0.15) is 0 Å². The standard InChI is InChI=1S/C11H14N2O2S/c1-7-8(4-6-15-7)11(14)13-5-2-3-9(13)10(12)16/h4,6,9H,2-3,5H2,1H3,(H2,12,16). The van der Waals surface area contributed by atoms with Crippen molar-refractivity contribution in [3.05, 3.63) is 23.7 Å². The lowest BCUT2D eigenvalue weighted by Crippen LogP contribution is -2.42. The molecule has 0 spiro atoms. The van der Waals surface area contributed by atoms with Crippen molar-refractivity contribution in [3.63, 3.8) is 0 Å². The molecule has 1 amide bonds. The quantitative estimate of drug-likeness (QED) is 0.793. The fraction of sp³-hybridized carbons (Fsp3) is 0.455. The highest BCUT2D eigenvalue weighted by atomic mass is 32.1. The van der Waals surface area contributed by atoms with Crippen LogP contribution in [0.5, 0.6) is 0 Å². The molecule has 5 heteroatoms. The number of carbonyl (C=O) groups is 1. The highest BCUT2D eigenvalue weighted by Crippen LogP contribution is 2.22. The molecule has 2 N–H and O–H groups in total. The monoisotopic (exact) mass is 238 g/mol. The molecule has 1 aromatic rings. The van der Waals surface area contributed by atoms with Crippen LogP contribution in [0.25, 0.3) is 0 Å². The first-order valence-corrected chi connectivity index (χ1v) is 5.66. The van der Waals surface area contributed by atoms with Crippen molar-refractivity contribution in [3.8, 4) is 0 Å². The van der Waals surface area contributed by atoms with Gasteiger partial charge in [-0.1, -0.05) is 12.2 Å². The number of carbonyl (C=O) groups excluding carboxylic acids is 1. The van der Waals surface area contributed by atoms with E-state index in [0.29, 0.717) is 22.9 Å². The van der Waals surface area contributed by atoms with Crippen LogP contribution in [0.2, 0.25) is 0 Å². The number of rotatable bonds is 2. The van der Waals surface area contributed by atoms with Crippen molar-refractivity contribution in [2.24, 2.45) is 5.73 Å². The number of nitrogens with two attached hydrogens (primary N) is 1. The molecule has 0 aliphatic carbocycles. The maximum atomic E-state index is 12.2. The van der Waals surface area contributed by atoms with E-state index in [0.717, 1.165) is 12.8 Å². The Balaban J connectivity index is 2.22. The molecule has 1 unspecified atom stereocenters. The summed E-state index contributed by atoms with van der Waals surface area (Å²) in [7, 11) is 0. The third-order valence-electron chi connectivity index (χ3n) is 2.93. The summed E-state index contributed by atoms with van der Waals surface area (Å²) in [6, 6.07) is 1.59. The SMILES string of the molecule is Cc1occc1C(=O)N1CCCC1C(N)=S. The average Bonchev–Trinajstić information content (AvgIpc) is 2.84. The molecule has 4 nitrogen and oxygen atoms in total. The van der Waals surface area contributed by atoms with Crippen molar-refractivity contribution in [2.45, 2.75) is 25.8 Å². The number of nitrogens with zero attached hydrogens (tertiary/aromatic N) is 1. The van der Waals surface area contributed by atoms with Gasteiger partial charge < -0.3 is 15.1 Å². The Bertz CT molecular complexity index is 427. The first-order chi connectivity index (χ1) is 7.61. The van der Waals surface area contributed by atoms with Gasteiger partial charge >= 0.3 is 0 Å². The molecule has 0 radical (unpaired) electrons. The molecule has 16 heavy (non-hydrogen) atoms. The van der Waals surface area contributed by atoms with E-state index in [1.165, 1.54) is 6.26 Å². The van der Waals surface area contributed by atoms with Crippen molar-refractivity contribution in [1.82, 2.24) is 4.90 Å². The van der Waals surface area contributed by atoms with Crippen LogP contribution >= 0.6 is 12.2 Å². The van der Waals surface area contributed by atoms with E-state index in [2.05, 4.69) is 0 Å². The molecule has 0 aromatic carbocycles. The van der Waals surface area contributed by atoms with Crippen LogP contribution in [0.4, 0.5) is 0 Å². The van der Waals surface area contributed by atoms with Crippen LogP contribution in [0.1, 0.15) is 29.0 Å². The molecule has 0 bridgehead atoms. The molecule has 1 aromatic heterocycles. The Hall–Kier alpha value is -1.36. The molecule has 0 saturated carbocycles. The lowest BCUT2D eigenvalue weighted by atomic mass is 10.2. The Kier molecular flexibility index (Phi) is 2.96. The van der Waals surface area contributed by atoms with Gasteiger partial charge in [0.15, 0.2) is 0 Å². The molecular weight excluding hydrogens is 224 g/mol. The second-order valence-corrected chi connectivity index (χ2v) is 4.42. The second-order valence-electron chi connectivity index (χ2n) is 3.95. The number of furan rings is 1. The Morgan fingerprint density at radius 3 is 3.00 bits per heavy atom. The van der Waals surface area contributed by atoms with Gasteiger partial charge in [0.25, 0.3) is 5.91 Å². The van der Waals surface area contributed by atoms with Crippen molar-refractivity contribution in [1.29, 1.82) is 0 Å². The zero-order valence-electron chi connectivity index (χ0n) is 9.10. The number of likely N-dealkylation sites (tertiary alicyclic amines) is 1. The normalized spacial score (nSPS) is 20.1. The molecule has 1 atom stereocenters. The van der Waals surface area contributed by atoms with Crippen LogP contribution in [0, 0.1) is 6.92 Å². The summed E-state index contributed by atoms with van der Waals surface area (Å²) in [5, 5.41) is 0. The minimum absolute atomic E-state index is 0.0402. The van der Waals surface area contributed by atoms with Gasteiger partial charge in [-0.05, 0) is 25.8 Å². The lowest BCUT2D eigenvalue weighted by molar-refractivity contribution is 0.0768. The van der Waals surface area contributed by atoms with Gasteiger partial charge in [-0.3, -0.25) is 4.79 Å². The van der Waals surface area contributed by atoms with Gasteiger partial charge in [-0.25, -0.2) is 0 Å². The number of thiocarbonyl (C=S) groups is 1. The summed E-state index contributed by atoms with van der Waals surface area (Å²) in [6.45, 7) is 2.49. The topological polar surface area (TPSA) is 59.5 Å². The smallest absolute Gasteiger partial charge is 0.257 e. The van der Waals surface area contributed by atoms with Gasteiger partial charge in [0.1, 0.15) is 5.76 Å². The summed E-state index contributed by atoms with van der Waals surface area (Å²) in [6.07, 6.45) is 3.33. The fourth-order valence-electron chi connectivity index (χ4n) is 2.07. The van der Waals surface area contributed by atoms with E-state index < -0.39 is 0 Å². The summed E-state index contributed by atoms with van der Waals surface area (Å²) < 4.78 is 5.13. The summed E-state index contributed by atoms with van der Waals surface area (Å²) in [5.74, 6) is 0.597. The highest BCUT2D eigenvalue weighted by Gasteiger charge is 2.32. The molecule has 86 valence electrons. The van der Waals surface area contributed by atoms with Crippen LogP contribution in [-0.4, -0.2) is 28.4 Å². The van der Waals surface area contributed by atoms with Crippen LogP contribution < -0.4 is 5.73 Å². The van der Waals surface area contributed by atoms with Crippen LogP contribution in [0.15, 0.2) is 16.7 Å². The Morgan fingerprint density at radius 1 is 1.69 bits per heavy atom. The molecule has 1 aliphatic rings. The minimum atomic E-state index is -0.100. The van der Waals surface area contributed by atoms with E-state index in [9.17, 15) is 4.79 Å². The van der Waals surface area contributed by atoms with Crippen molar-refractivity contribution < 1.29 is 9.21 Å². The fourth-order valence-corrected chi connectivity index (χ4v) is 2.31. The zero-order chi connectivity index (χ0) is 11.7. The number of hydrogen-bond donors (Lipinski definition) is 1. The molecule has 2 rings (SSSR count). The first-order valence-electron chi connectivity index (χ1n) is 5.25. The molecular formula is C11H14N2O2S. The first kappa shape index (κ1) is 11.1. The van der Waals surface area contributed by atoms with Crippen molar-refractivity contribution >= 4 is 23.1 Å². The highest BCUT2D eigenvalue weighted by molar-refractivity contribution is 7.80. The van der Waals surface area contributed by atoms with E-state index in [4.69, 9.17) is 22.4 Å². The molecule has 1 saturated heterocycles. The molecule has 2 heterocycles. The number of aryl methyl sites for hydroxylation is 1. The zero-order valence-corrected chi connectivity index (χ0v) is 9.92. The predicted molar refractivity (Wildman–Crippen MR) is 64.3 cm³/mol. The summed E-state index contributed by atoms with van der Waals surface area (Å²) in [5.41, 5.74) is 6.23. The Morgan fingerprint density at radius 2 is 2.44 bits per heavy atom. The van der Waals surface area contributed by atoms with Gasteiger partial charge in [0.2, 0.25) is 0 Å². The largest absolute Gasteiger partial charge is 0.469 e. The van der Waals surface area contributed by atoms with Gasteiger partial charge in [-0.15, -0.1) is 0 Å². The molecule has 1 aliphatic heterocycles. The van der Waals surface area contributed by atoms with E-state index in [1.807, 2.05) is 0 Å². The predicted octanol–water partition coefficient (Wildman–Crippen LogP) is 1.48. The second kappa shape index (κ2) is 4.25. The van der Waals surface area contributed by atoms with Gasteiger partial charge in [0, 0.05) is 6.54 Å². The maximum Gasteiger partial charge on any atom is 0.257 e. The molecule has 1 fully saturated rings. The maximum absolute atomic E-state index is 12.2.